The fourth-order valence-electron chi connectivity index (χ4n) is 1.38. The Morgan fingerprint density at radius 2 is 2.21 bits per heavy atom. The van der Waals surface area contributed by atoms with Gasteiger partial charge in [-0.2, -0.15) is 4.80 Å². The fraction of sp³-hybridized carbons (Fsp3) is 0.200. The Morgan fingerprint density at radius 3 is 2.79 bits per heavy atom. The molecule has 0 fully saturated rings. The molecule has 0 saturated heterocycles. The summed E-state index contributed by atoms with van der Waals surface area (Å²) in [6.45, 7) is -0.0462. The molecule has 1 aromatic heterocycles. The second-order valence-corrected chi connectivity index (χ2v) is 4.40. The number of rotatable bonds is 4. The van der Waals surface area contributed by atoms with Crippen molar-refractivity contribution in [3.05, 3.63) is 33.6 Å². The number of nitrogens with zero attached hydrogens (tertiary/aromatic N) is 4. The van der Waals surface area contributed by atoms with E-state index in [1.807, 2.05) is 0 Å². The highest BCUT2D eigenvalue weighted by Gasteiger charge is 2.17. The van der Waals surface area contributed by atoms with Crippen LogP contribution < -0.4 is 4.74 Å². The molecule has 19 heavy (non-hydrogen) atoms. The number of halogens is 2. The number of aromatic nitrogens is 4. The van der Waals surface area contributed by atoms with Crippen LogP contribution in [0, 0.1) is 0 Å². The van der Waals surface area contributed by atoms with E-state index in [4.69, 9.17) is 33.0 Å². The summed E-state index contributed by atoms with van der Waals surface area (Å²) in [5.41, 5.74) is -0.124. The third kappa shape index (κ3) is 3.12. The van der Waals surface area contributed by atoms with Gasteiger partial charge in [-0.1, -0.05) is 23.2 Å². The molecule has 2 rings (SSSR count). The van der Waals surface area contributed by atoms with Gasteiger partial charge in [0, 0.05) is 5.02 Å². The number of carboxylic acid groups (broad SMARTS) is 1. The molecule has 0 amide bonds. The average Bonchev–Trinajstić information content (AvgIpc) is 2.73. The van der Waals surface area contributed by atoms with Crippen molar-refractivity contribution in [1.29, 1.82) is 0 Å². The lowest BCUT2D eigenvalue weighted by atomic mass is 10.2. The maximum Gasteiger partial charge on any atom is 0.339 e. The normalized spacial score (nSPS) is 10.5. The van der Waals surface area contributed by atoms with Crippen LogP contribution in [0.15, 0.2) is 12.1 Å². The van der Waals surface area contributed by atoms with E-state index in [0.29, 0.717) is 5.82 Å². The first-order chi connectivity index (χ1) is 8.97. The number of hydrogen-bond acceptors (Lipinski definition) is 5. The Kier molecular flexibility index (Phi) is 3.87. The molecule has 0 saturated carbocycles. The third-order valence-corrected chi connectivity index (χ3v) is 2.63. The molecule has 9 heteroatoms. The van der Waals surface area contributed by atoms with Gasteiger partial charge in [0.2, 0.25) is 5.82 Å². The molecule has 0 unspecified atom stereocenters. The second-order valence-electron chi connectivity index (χ2n) is 3.55. The summed E-state index contributed by atoms with van der Waals surface area (Å²) in [6.07, 6.45) is 0. The molecular weight excluding hydrogens is 295 g/mol. The lowest BCUT2D eigenvalue weighted by Crippen LogP contribution is -2.05. The highest BCUT2D eigenvalue weighted by molar-refractivity contribution is 6.36. The number of aryl methyl sites for hydroxylation is 1. The zero-order valence-electron chi connectivity index (χ0n) is 9.67. The van der Waals surface area contributed by atoms with Gasteiger partial charge in [0.15, 0.2) is 12.4 Å². The Bertz CT molecular complexity index is 629. The van der Waals surface area contributed by atoms with Crippen molar-refractivity contribution in [2.75, 3.05) is 0 Å². The lowest BCUT2D eigenvalue weighted by molar-refractivity contribution is 0.0691. The van der Waals surface area contributed by atoms with E-state index in [1.165, 1.54) is 16.9 Å². The second kappa shape index (κ2) is 5.41. The first-order valence-electron chi connectivity index (χ1n) is 5.05. The smallest absolute Gasteiger partial charge is 0.339 e. The summed E-state index contributed by atoms with van der Waals surface area (Å²) in [5, 5.41) is 20.6. The van der Waals surface area contributed by atoms with Gasteiger partial charge in [0.05, 0.1) is 12.1 Å². The average molecular weight is 303 g/mol. The van der Waals surface area contributed by atoms with E-state index >= 15 is 0 Å². The number of hydrogen-bond donors (Lipinski definition) is 1. The van der Waals surface area contributed by atoms with Gasteiger partial charge >= 0.3 is 5.97 Å². The van der Waals surface area contributed by atoms with Crippen molar-refractivity contribution in [1.82, 2.24) is 20.2 Å². The molecule has 2 aromatic rings. The zero-order chi connectivity index (χ0) is 14.0. The summed E-state index contributed by atoms with van der Waals surface area (Å²) in [5.74, 6) is -0.859. The molecule has 0 bridgehead atoms. The van der Waals surface area contributed by atoms with Crippen LogP contribution in [0.5, 0.6) is 5.75 Å². The molecule has 0 aliphatic heterocycles. The van der Waals surface area contributed by atoms with Crippen LogP contribution in [0.3, 0.4) is 0 Å². The number of aromatic carboxylic acids is 1. The maximum absolute atomic E-state index is 11.1. The fourth-order valence-corrected chi connectivity index (χ4v) is 1.93. The number of tetrazole rings is 1. The molecule has 1 aromatic carbocycles. The standard InChI is InChI=1S/C10H8Cl2N4O3/c1-16-14-8(13-15-16)4-19-9-6(10(17)18)2-5(11)3-7(9)12/h2-3H,4H2,1H3,(H,17,18). The Hall–Kier alpha value is -1.86. The Labute approximate surface area is 117 Å². The summed E-state index contributed by atoms with van der Waals surface area (Å²) < 4.78 is 5.33. The predicted octanol–water partition coefficient (Wildman–Crippen LogP) is 1.79. The Balaban J connectivity index is 2.26. The van der Waals surface area contributed by atoms with Gasteiger partial charge in [0.25, 0.3) is 0 Å². The minimum absolute atomic E-state index is 0.0195. The number of carboxylic acids is 1. The van der Waals surface area contributed by atoms with Crippen molar-refractivity contribution in [3.63, 3.8) is 0 Å². The van der Waals surface area contributed by atoms with Crippen LogP contribution in [0.1, 0.15) is 16.2 Å². The number of ether oxygens (including phenoxy) is 1. The lowest BCUT2D eigenvalue weighted by Gasteiger charge is -2.09. The van der Waals surface area contributed by atoms with Gasteiger partial charge in [-0.15, -0.1) is 10.2 Å². The van der Waals surface area contributed by atoms with E-state index in [0.717, 1.165) is 0 Å². The molecule has 100 valence electrons. The maximum atomic E-state index is 11.1. The summed E-state index contributed by atoms with van der Waals surface area (Å²) in [6, 6.07) is 2.66. The molecule has 1 N–H and O–H groups in total. The van der Waals surface area contributed by atoms with Gasteiger partial charge in [0.1, 0.15) is 5.56 Å². The monoisotopic (exact) mass is 302 g/mol. The van der Waals surface area contributed by atoms with Crippen LogP contribution >= 0.6 is 23.2 Å². The van der Waals surface area contributed by atoms with Gasteiger partial charge in [-0.3, -0.25) is 0 Å². The molecular formula is C10H8Cl2N4O3. The van der Waals surface area contributed by atoms with Crippen LogP contribution in [0.2, 0.25) is 10.0 Å². The molecule has 0 aliphatic carbocycles. The van der Waals surface area contributed by atoms with Crippen LogP contribution in [-0.2, 0) is 13.7 Å². The van der Waals surface area contributed by atoms with E-state index in [-0.39, 0.29) is 28.0 Å². The predicted molar refractivity (Wildman–Crippen MR) is 66.6 cm³/mol. The number of carbonyl (C=O) groups is 1. The van der Waals surface area contributed by atoms with Crippen molar-refractivity contribution in [2.24, 2.45) is 7.05 Å². The Morgan fingerprint density at radius 1 is 1.47 bits per heavy atom. The molecule has 0 aliphatic rings. The zero-order valence-corrected chi connectivity index (χ0v) is 11.2. The quantitative estimate of drug-likeness (QED) is 0.926. The largest absolute Gasteiger partial charge is 0.483 e. The van der Waals surface area contributed by atoms with Crippen LogP contribution in [0.25, 0.3) is 0 Å². The molecule has 1 heterocycles. The van der Waals surface area contributed by atoms with E-state index in [1.54, 1.807) is 7.05 Å². The summed E-state index contributed by atoms with van der Waals surface area (Å²) >= 11 is 11.7. The van der Waals surface area contributed by atoms with E-state index in [2.05, 4.69) is 15.4 Å². The van der Waals surface area contributed by atoms with E-state index < -0.39 is 5.97 Å². The minimum atomic E-state index is -1.19. The van der Waals surface area contributed by atoms with Crippen LogP contribution in [-0.4, -0.2) is 31.3 Å². The van der Waals surface area contributed by atoms with Crippen molar-refractivity contribution in [2.45, 2.75) is 6.61 Å². The van der Waals surface area contributed by atoms with Gasteiger partial charge < -0.3 is 9.84 Å². The molecule has 0 atom stereocenters. The van der Waals surface area contributed by atoms with Crippen LogP contribution in [0.4, 0.5) is 0 Å². The highest BCUT2D eigenvalue weighted by atomic mass is 35.5. The topological polar surface area (TPSA) is 90.1 Å². The first-order valence-corrected chi connectivity index (χ1v) is 5.81. The van der Waals surface area contributed by atoms with Crippen molar-refractivity contribution < 1.29 is 14.6 Å². The third-order valence-electron chi connectivity index (χ3n) is 2.13. The molecule has 7 nitrogen and oxygen atoms in total. The minimum Gasteiger partial charge on any atom is -0.483 e. The first kappa shape index (κ1) is 13.6. The molecule has 0 radical (unpaired) electrons. The van der Waals surface area contributed by atoms with Gasteiger partial charge in [-0.25, -0.2) is 4.79 Å². The molecule has 0 spiro atoms. The van der Waals surface area contributed by atoms with Crippen molar-refractivity contribution >= 4 is 29.2 Å². The van der Waals surface area contributed by atoms with Gasteiger partial charge in [-0.05, 0) is 17.3 Å². The number of benzene rings is 1. The summed E-state index contributed by atoms with van der Waals surface area (Å²) in [7, 11) is 1.61. The van der Waals surface area contributed by atoms with Crippen molar-refractivity contribution in [3.8, 4) is 5.75 Å². The van der Waals surface area contributed by atoms with E-state index in [9.17, 15) is 4.79 Å². The SMILES string of the molecule is Cn1nnc(COc2c(Cl)cc(Cl)cc2C(=O)O)n1. The summed E-state index contributed by atoms with van der Waals surface area (Å²) in [4.78, 5) is 12.4. The highest BCUT2D eigenvalue weighted by Crippen LogP contribution is 2.32.